The van der Waals surface area contributed by atoms with Crippen LogP contribution >= 0.6 is 23.2 Å². The number of hydrogen-bond acceptors (Lipinski definition) is 4. The first kappa shape index (κ1) is 19.1. The van der Waals surface area contributed by atoms with Crippen LogP contribution in [0.5, 0.6) is 0 Å². The van der Waals surface area contributed by atoms with Crippen LogP contribution in [0.3, 0.4) is 0 Å². The first-order valence-corrected chi connectivity index (χ1v) is 9.27. The largest absolute Gasteiger partial charge is 0.289 e. The Morgan fingerprint density at radius 2 is 1.45 bits per heavy atom. The summed E-state index contributed by atoms with van der Waals surface area (Å²) in [5.41, 5.74) is 2.29. The van der Waals surface area contributed by atoms with Gasteiger partial charge in [-0.2, -0.15) is 0 Å². The average Bonchev–Trinajstić information content (AvgIpc) is 2.71. The molecule has 0 saturated heterocycles. The first-order valence-electron chi connectivity index (χ1n) is 8.51. The fourth-order valence-electron chi connectivity index (χ4n) is 3.35. The van der Waals surface area contributed by atoms with Crippen LogP contribution in [0.1, 0.15) is 37.4 Å². The number of ketones is 2. The van der Waals surface area contributed by atoms with Gasteiger partial charge in [0.1, 0.15) is 0 Å². The summed E-state index contributed by atoms with van der Waals surface area (Å²) in [5, 5.41) is 11.4. The topological polar surface area (TPSA) is 77.3 Å². The number of halogens is 2. The molecule has 29 heavy (non-hydrogen) atoms. The second-order valence-corrected chi connectivity index (χ2v) is 7.19. The maximum absolute atomic E-state index is 13.0. The van der Waals surface area contributed by atoms with E-state index in [0.717, 1.165) is 0 Å². The van der Waals surface area contributed by atoms with Gasteiger partial charge in [-0.05, 0) is 41.5 Å². The number of fused-ring (bicyclic) bond motifs is 2. The standard InChI is InChI=1S/C22H11Cl2NO4/c23-17-5-2-4-15-20(17)16(14-3-1-6-18(24)21(14)22(15)27)11-19(26)12-7-9-13(10-8-12)25(28)29/h1-11H/b16-11+. The highest BCUT2D eigenvalue weighted by Crippen LogP contribution is 2.42. The second-order valence-electron chi connectivity index (χ2n) is 6.38. The van der Waals surface area contributed by atoms with E-state index in [9.17, 15) is 19.7 Å². The van der Waals surface area contributed by atoms with E-state index < -0.39 is 4.92 Å². The molecule has 0 saturated carbocycles. The van der Waals surface area contributed by atoms with E-state index in [0.29, 0.717) is 32.8 Å². The van der Waals surface area contributed by atoms with Gasteiger partial charge in [0.25, 0.3) is 5.69 Å². The Kier molecular flexibility index (Phi) is 4.78. The van der Waals surface area contributed by atoms with Crippen molar-refractivity contribution in [2.24, 2.45) is 0 Å². The molecule has 0 heterocycles. The molecular weight excluding hydrogens is 413 g/mol. The van der Waals surface area contributed by atoms with Crippen LogP contribution in [-0.2, 0) is 0 Å². The fourth-order valence-corrected chi connectivity index (χ4v) is 3.88. The lowest BCUT2D eigenvalue weighted by atomic mass is 9.80. The van der Waals surface area contributed by atoms with Crippen LogP contribution in [0.25, 0.3) is 5.57 Å². The highest BCUT2D eigenvalue weighted by molar-refractivity contribution is 6.39. The third-order valence-corrected chi connectivity index (χ3v) is 5.33. The zero-order valence-electron chi connectivity index (χ0n) is 14.7. The van der Waals surface area contributed by atoms with Gasteiger partial charge in [-0.3, -0.25) is 19.7 Å². The molecule has 0 radical (unpaired) electrons. The Hall–Kier alpha value is -3.28. The van der Waals surface area contributed by atoms with E-state index in [2.05, 4.69) is 0 Å². The van der Waals surface area contributed by atoms with Gasteiger partial charge in [-0.15, -0.1) is 0 Å². The number of hydrogen-bond donors (Lipinski definition) is 0. The molecule has 0 atom stereocenters. The third-order valence-electron chi connectivity index (χ3n) is 4.70. The molecule has 4 rings (SSSR count). The number of nitro benzene ring substituents is 1. The molecule has 0 N–H and O–H groups in total. The SMILES string of the molecule is O=C(/C=C1\c2cccc(Cl)c2C(=O)c2cccc(Cl)c21)c1ccc([N+](=O)[O-])cc1. The summed E-state index contributed by atoms with van der Waals surface area (Å²) in [7, 11) is 0. The van der Waals surface area contributed by atoms with Crippen molar-refractivity contribution in [2.75, 3.05) is 0 Å². The van der Waals surface area contributed by atoms with Gasteiger partial charge in [-0.1, -0.05) is 47.5 Å². The van der Waals surface area contributed by atoms with Crippen molar-refractivity contribution in [3.63, 3.8) is 0 Å². The van der Waals surface area contributed by atoms with E-state index >= 15 is 0 Å². The molecule has 5 nitrogen and oxygen atoms in total. The van der Waals surface area contributed by atoms with E-state index in [1.807, 2.05) is 0 Å². The number of nitrogens with zero attached hydrogens (tertiary/aromatic N) is 1. The molecule has 3 aromatic carbocycles. The van der Waals surface area contributed by atoms with E-state index in [-0.39, 0.29) is 27.8 Å². The fraction of sp³-hybridized carbons (Fsp3) is 0. The maximum atomic E-state index is 13.0. The molecule has 0 aliphatic heterocycles. The Balaban J connectivity index is 1.90. The molecule has 0 amide bonds. The van der Waals surface area contributed by atoms with Crippen molar-refractivity contribution >= 4 is 46.0 Å². The van der Waals surface area contributed by atoms with Crippen molar-refractivity contribution in [3.05, 3.63) is 115 Å². The predicted octanol–water partition coefficient (Wildman–Crippen LogP) is 5.76. The van der Waals surface area contributed by atoms with Gasteiger partial charge in [0.2, 0.25) is 0 Å². The smallest absolute Gasteiger partial charge is 0.269 e. The van der Waals surface area contributed by atoms with E-state index in [4.69, 9.17) is 23.2 Å². The molecule has 0 fully saturated rings. The summed E-state index contributed by atoms with van der Waals surface area (Å²) < 4.78 is 0. The summed E-state index contributed by atoms with van der Waals surface area (Å²) in [6.45, 7) is 0. The summed E-state index contributed by atoms with van der Waals surface area (Å²) in [4.78, 5) is 36.1. The van der Waals surface area contributed by atoms with Crippen molar-refractivity contribution in [2.45, 2.75) is 0 Å². The summed E-state index contributed by atoms with van der Waals surface area (Å²) in [6, 6.07) is 15.3. The third kappa shape index (κ3) is 3.24. The summed E-state index contributed by atoms with van der Waals surface area (Å²) in [6.07, 6.45) is 1.38. The zero-order valence-corrected chi connectivity index (χ0v) is 16.2. The number of allylic oxidation sites excluding steroid dienone is 1. The molecule has 1 aliphatic rings. The van der Waals surface area contributed by atoms with Gasteiger partial charge < -0.3 is 0 Å². The van der Waals surface area contributed by atoms with Gasteiger partial charge in [0.15, 0.2) is 11.6 Å². The molecule has 0 unspecified atom stereocenters. The van der Waals surface area contributed by atoms with Crippen LogP contribution in [0, 0.1) is 10.1 Å². The molecule has 0 bridgehead atoms. The van der Waals surface area contributed by atoms with E-state index in [1.165, 1.54) is 30.3 Å². The number of rotatable bonds is 3. The Morgan fingerprint density at radius 1 is 0.862 bits per heavy atom. The number of nitro groups is 1. The molecule has 142 valence electrons. The Labute approximate surface area is 175 Å². The number of carbonyl (C=O) groups excluding carboxylic acids is 2. The van der Waals surface area contributed by atoms with Crippen molar-refractivity contribution < 1.29 is 14.5 Å². The lowest BCUT2D eigenvalue weighted by Crippen LogP contribution is -2.16. The Morgan fingerprint density at radius 3 is 2.07 bits per heavy atom. The number of benzene rings is 3. The Bertz CT molecular complexity index is 1230. The minimum Gasteiger partial charge on any atom is -0.289 e. The summed E-state index contributed by atoms with van der Waals surface area (Å²) in [5.74, 6) is -0.635. The highest BCUT2D eigenvalue weighted by Gasteiger charge is 2.30. The van der Waals surface area contributed by atoms with Gasteiger partial charge in [-0.25, -0.2) is 0 Å². The first-order chi connectivity index (χ1) is 13.9. The predicted molar refractivity (Wildman–Crippen MR) is 111 cm³/mol. The maximum Gasteiger partial charge on any atom is 0.269 e. The number of carbonyl (C=O) groups is 2. The summed E-state index contributed by atoms with van der Waals surface area (Å²) >= 11 is 12.7. The van der Waals surface area contributed by atoms with Crippen molar-refractivity contribution in [1.29, 1.82) is 0 Å². The normalized spacial score (nSPS) is 13.7. The molecule has 7 heteroatoms. The van der Waals surface area contributed by atoms with Crippen LogP contribution in [-0.4, -0.2) is 16.5 Å². The minimum atomic E-state index is -0.534. The highest BCUT2D eigenvalue weighted by atomic mass is 35.5. The average molecular weight is 424 g/mol. The molecule has 3 aromatic rings. The van der Waals surface area contributed by atoms with Crippen molar-refractivity contribution in [3.8, 4) is 0 Å². The van der Waals surface area contributed by atoms with Gasteiger partial charge in [0.05, 0.1) is 9.95 Å². The van der Waals surface area contributed by atoms with Crippen LogP contribution in [0.2, 0.25) is 10.0 Å². The van der Waals surface area contributed by atoms with E-state index in [1.54, 1.807) is 36.4 Å². The molecule has 1 aliphatic carbocycles. The van der Waals surface area contributed by atoms with Crippen LogP contribution < -0.4 is 0 Å². The zero-order chi connectivity index (χ0) is 20.7. The number of non-ortho nitro benzene ring substituents is 1. The van der Waals surface area contributed by atoms with Gasteiger partial charge in [0, 0.05) is 39.4 Å². The molecular formula is C22H11Cl2NO4. The van der Waals surface area contributed by atoms with Crippen LogP contribution in [0.15, 0.2) is 66.7 Å². The lowest BCUT2D eigenvalue weighted by molar-refractivity contribution is -0.384. The molecule has 0 spiro atoms. The van der Waals surface area contributed by atoms with Gasteiger partial charge >= 0.3 is 0 Å². The lowest BCUT2D eigenvalue weighted by Gasteiger charge is -2.23. The second kappa shape index (κ2) is 7.28. The monoisotopic (exact) mass is 423 g/mol. The minimum absolute atomic E-state index is 0.108. The van der Waals surface area contributed by atoms with Crippen LogP contribution in [0.4, 0.5) is 5.69 Å². The molecule has 0 aromatic heterocycles. The quantitative estimate of drug-likeness (QED) is 0.181. The van der Waals surface area contributed by atoms with Crippen molar-refractivity contribution in [1.82, 2.24) is 0 Å².